The van der Waals surface area contributed by atoms with Gasteiger partial charge in [0.05, 0.1) is 17.5 Å². The fourth-order valence-electron chi connectivity index (χ4n) is 4.69. The van der Waals surface area contributed by atoms with Gasteiger partial charge in [0, 0.05) is 44.4 Å². The Bertz CT molecular complexity index is 920. The Hall–Kier alpha value is -1.74. The largest absolute Gasteiger partial charge is 0.342 e. The van der Waals surface area contributed by atoms with Crippen molar-refractivity contribution in [3.05, 3.63) is 27.4 Å². The molecule has 1 amide bonds. The van der Waals surface area contributed by atoms with Gasteiger partial charge in [0.2, 0.25) is 15.9 Å². The molecular weight excluding hydrogens is 380 g/mol. The molecule has 3 aliphatic rings. The number of aromatic amines is 1. The Balaban J connectivity index is 1.48. The molecule has 2 aliphatic heterocycles. The molecule has 9 heteroatoms. The van der Waals surface area contributed by atoms with Crippen LogP contribution in [-0.4, -0.2) is 59.4 Å². The van der Waals surface area contributed by atoms with Gasteiger partial charge in [0.1, 0.15) is 5.82 Å². The van der Waals surface area contributed by atoms with Crippen LogP contribution in [-0.2, 0) is 27.8 Å². The predicted octanol–water partition coefficient (Wildman–Crippen LogP) is 0.984. The Morgan fingerprint density at radius 3 is 2.61 bits per heavy atom. The molecule has 1 saturated carbocycles. The number of aromatic nitrogens is 2. The molecule has 1 saturated heterocycles. The molecule has 0 spiro atoms. The van der Waals surface area contributed by atoms with Crippen molar-refractivity contribution >= 4 is 15.9 Å². The third kappa shape index (κ3) is 3.87. The van der Waals surface area contributed by atoms with Crippen LogP contribution in [0.5, 0.6) is 0 Å². The van der Waals surface area contributed by atoms with Crippen molar-refractivity contribution in [2.75, 3.05) is 25.9 Å². The summed E-state index contributed by atoms with van der Waals surface area (Å²) in [5, 5.41) is 0. The van der Waals surface area contributed by atoms with Crippen LogP contribution in [0.15, 0.2) is 4.79 Å². The zero-order valence-electron chi connectivity index (χ0n) is 16.3. The maximum absolute atomic E-state index is 12.8. The van der Waals surface area contributed by atoms with E-state index in [0.717, 1.165) is 38.4 Å². The van der Waals surface area contributed by atoms with Crippen molar-refractivity contribution in [3.8, 4) is 0 Å². The van der Waals surface area contributed by atoms with Gasteiger partial charge in [-0.05, 0) is 19.3 Å². The topological polar surface area (TPSA) is 103 Å². The maximum Gasteiger partial charge on any atom is 0.255 e. The zero-order valence-corrected chi connectivity index (χ0v) is 17.1. The van der Waals surface area contributed by atoms with Crippen LogP contribution in [0, 0.1) is 5.92 Å². The second-order valence-corrected chi connectivity index (χ2v) is 10.3. The van der Waals surface area contributed by atoms with Gasteiger partial charge < -0.3 is 9.88 Å². The highest BCUT2D eigenvalue weighted by molar-refractivity contribution is 7.88. The second-order valence-electron chi connectivity index (χ2n) is 8.33. The lowest BCUT2D eigenvalue weighted by Crippen LogP contribution is -2.39. The van der Waals surface area contributed by atoms with Gasteiger partial charge in [-0.2, -0.15) is 4.31 Å². The highest BCUT2D eigenvalue weighted by Gasteiger charge is 2.34. The number of sulfonamides is 1. The number of rotatable bonds is 3. The first-order valence-electron chi connectivity index (χ1n) is 10.2. The number of amides is 1. The van der Waals surface area contributed by atoms with E-state index < -0.39 is 10.0 Å². The van der Waals surface area contributed by atoms with Crippen LogP contribution < -0.4 is 5.56 Å². The summed E-state index contributed by atoms with van der Waals surface area (Å²) in [6.45, 7) is 1.74. The van der Waals surface area contributed by atoms with Crippen molar-refractivity contribution < 1.29 is 13.2 Å². The third-order valence-electron chi connectivity index (χ3n) is 6.36. The van der Waals surface area contributed by atoms with E-state index in [0.29, 0.717) is 43.1 Å². The summed E-state index contributed by atoms with van der Waals surface area (Å²) in [6, 6.07) is 0. The van der Waals surface area contributed by atoms with Gasteiger partial charge in [-0.25, -0.2) is 13.4 Å². The van der Waals surface area contributed by atoms with Crippen LogP contribution in [0.4, 0.5) is 0 Å². The van der Waals surface area contributed by atoms with Crippen molar-refractivity contribution in [2.24, 2.45) is 5.92 Å². The monoisotopic (exact) mass is 408 g/mol. The first-order chi connectivity index (χ1) is 13.3. The lowest BCUT2D eigenvalue weighted by molar-refractivity contribution is -0.135. The number of nitrogens with one attached hydrogen (secondary N) is 1. The number of carbonyl (C=O) groups excluding carboxylic acids is 1. The SMILES string of the molecule is CS(=O)(=O)N1CCc2nc([C@H]3CCN(C(=O)C4CCCCC4)C3)[nH]c(=O)c2C1. The molecular formula is C19H28N4O4S. The van der Waals surface area contributed by atoms with E-state index in [2.05, 4.69) is 9.97 Å². The molecule has 1 aliphatic carbocycles. The van der Waals surface area contributed by atoms with Crippen LogP contribution in [0.25, 0.3) is 0 Å². The second kappa shape index (κ2) is 7.59. The molecule has 1 N–H and O–H groups in total. The van der Waals surface area contributed by atoms with Crippen LogP contribution >= 0.6 is 0 Å². The first-order valence-corrected chi connectivity index (χ1v) is 12.0. The molecule has 8 nitrogen and oxygen atoms in total. The number of nitrogens with zero attached hydrogens (tertiary/aromatic N) is 3. The van der Waals surface area contributed by atoms with Gasteiger partial charge in [0.15, 0.2) is 0 Å². The van der Waals surface area contributed by atoms with E-state index in [1.165, 1.54) is 10.7 Å². The van der Waals surface area contributed by atoms with Gasteiger partial charge in [-0.1, -0.05) is 19.3 Å². The highest BCUT2D eigenvalue weighted by atomic mass is 32.2. The molecule has 0 unspecified atom stereocenters. The molecule has 0 bridgehead atoms. The van der Waals surface area contributed by atoms with Gasteiger partial charge in [0.25, 0.3) is 5.56 Å². The normalized spacial score (nSPS) is 24.3. The zero-order chi connectivity index (χ0) is 19.9. The molecule has 154 valence electrons. The highest BCUT2D eigenvalue weighted by Crippen LogP contribution is 2.30. The minimum absolute atomic E-state index is 0.0403. The number of hydrogen-bond acceptors (Lipinski definition) is 5. The Morgan fingerprint density at radius 1 is 1.14 bits per heavy atom. The number of carbonyl (C=O) groups is 1. The molecule has 0 aromatic carbocycles. The fourth-order valence-corrected chi connectivity index (χ4v) is 5.47. The quantitative estimate of drug-likeness (QED) is 0.803. The minimum Gasteiger partial charge on any atom is -0.342 e. The lowest BCUT2D eigenvalue weighted by atomic mass is 9.88. The number of fused-ring (bicyclic) bond motifs is 1. The van der Waals surface area contributed by atoms with Crippen molar-refractivity contribution in [3.63, 3.8) is 0 Å². The summed E-state index contributed by atoms with van der Waals surface area (Å²) in [7, 11) is -3.33. The van der Waals surface area contributed by atoms with E-state index in [-0.39, 0.29) is 29.8 Å². The standard InChI is InChI=1S/C19H28N4O4S/c1-28(26,27)23-10-8-16-15(12-23)18(24)21-17(20-16)14-7-9-22(11-14)19(25)13-5-3-2-4-6-13/h13-14H,2-12H2,1H3,(H,20,21,24)/t14-/m0/s1. The van der Waals surface area contributed by atoms with Crippen LogP contribution in [0.1, 0.15) is 61.5 Å². The molecule has 0 radical (unpaired) electrons. The maximum atomic E-state index is 12.8. The van der Waals surface area contributed by atoms with Crippen molar-refractivity contribution in [2.45, 2.75) is 57.4 Å². The average Bonchev–Trinajstić information content (AvgIpc) is 3.17. The molecule has 1 aromatic rings. The average molecular weight is 409 g/mol. The smallest absolute Gasteiger partial charge is 0.255 e. The van der Waals surface area contributed by atoms with Gasteiger partial charge in [-0.15, -0.1) is 0 Å². The van der Waals surface area contributed by atoms with Crippen molar-refractivity contribution in [1.29, 1.82) is 0 Å². The Labute approximate surface area is 165 Å². The summed E-state index contributed by atoms with van der Waals surface area (Å²) < 4.78 is 24.9. The summed E-state index contributed by atoms with van der Waals surface area (Å²) in [5.74, 6) is 1.09. The third-order valence-corrected chi connectivity index (χ3v) is 7.61. The molecule has 1 aromatic heterocycles. The van der Waals surface area contributed by atoms with Gasteiger partial charge in [-0.3, -0.25) is 9.59 Å². The Kier molecular flexibility index (Phi) is 5.30. The van der Waals surface area contributed by atoms with E-state index >= 15 is 0 Å². The summed E-state index contributed by atoms with van der Waals surface area (Å²) >= 11 is 0. The minimum atomic E-state index is -3.33. The Morgan fingerprint density at radius 2 is 1.89 bits per heavy atom. The summed E-state index contributed by atoms with van der Waals surface area (Å²) in [4.78, 5) is 34.8. The molecule has 1 atom stereocenters. The predicted molar refractivity (Wildman–Crippen MR) is 104 cm³/mol. The molecule has 4 rings (SSSR count). The number of likely N-dealkylation sites (tertiary alicyclic amines) is 1. The van der Waals surface area contributed by atoms with Gasteiger partial charge >= 0.3 is 0 Å². The van der Waals surface area contributed by atoms with E-state index in [4.69, 9.17) is 0 Å². The molecule has 3 heterocycles. The number of H-pyrrole nitrogens is 1. The summed E-state index contributed by atoms with van der Waals surface area (Å²) in [6.07, 6.45) is 7.88. The molecule has 28 heavy (non-hydrogen) atoms. The van der Waals surface area contributed by atoms with E-state index in [1.807, 2.05) is 4.90 Å². The van der Waals surface area contributed by atoms with Crippen molar-refractivity contribution in [1.82, 2.24) is 19.2 Å². The summed E-state index contributed by atoms with van der Waals surface area (Å²) in [5.41, 5.74) is 0.870. The van der Waals surface area contributed by atoms with Crippen LogP contribution in [0.2, 0.25) is 0 Å². The lowest BCUT2D eigenvalue weighted by Gasteiger charge is -2.27. The van der Waals surface area contributed by atoms with E-state index in [9.17, 15) is 18.0 Å². The van der Waals surface area contributed by atoms with Crippen LogP contribution in [0.3, 0.4) is 0 Å². The fraction of sp³-hybridized carbons (Fsp3) is 0.737. The number of hydrogen-bond donors (Lipinski definition) is 1. The first kappa shape index (κ1) is 19.6. The van der Waals surface area contributed by atoms with E-state index in [1.54, 1.807) is 0 Å². The molecule has 2 fully saturated rings.